The first-order chi connectivity index (χ1) is 13.1. The number of carbonyl (C=O) groups excluding carboxylic acids is 3. The summed E-state index contributed by atoms with van der Waals surface area (Å²) in [4.78, 5) is 38.8. The molecular formula is C22H20N2O3. The van der Waals surface area contributed by atoms with Crippen molar-refractivity contribution < 1.29 is 14.4 Å². The van der Waals surface area contributed by atoms with Gasteiger partial charge >= 0.3 is 0 Å². The van der Waals surface area contributed by atoms with E-state index in [2.05, 4.69) is 17.5 Å². The molecule has 2 fully saturated rings. The number of benzene rings is 2. The number of likely N-dealkylation sites (tertiary alicyclic amines) is 1. The highest BCUT2D eigenvalue weighted by atomic mass is 16.2. The van der Waals surface area contributed by atoms with E-state index in [0.717, 1.165) is 27.7 Å². The van der Waals surface area contributed by atoms with Crippen molar-refractivity contribution in [3.05, 3.63) is 60.2 Å². The third-order valence-corrected chi connectivity index (χ3v) is 6.17. The molecule has 1 N–H and O–H groups in total. The minimum Gasteiger partial charge on any atom is -0.350 e. The van der Waals surface area contributed by atoms with Crippen molar-refractivity contribution in [3.63, 3.8) is 0 Å². The van der Waals surface area contributed by atoms with Gasteiger partial charge in [-0.2, -0.15) is 0 Å². The van der Waals surface area contributed by atoms with E-state index in [1.165, 1.54) is 0 Å². The largest absolute Gasteiger partial charge is 0.350 e. The topological polar surface area (TPSA) is 66.5 Å². The Morgan fingerprint density at radius 2 is 1.63 bits per heavy atom. The van der Waals surface area contributed by atoms with Gasteiger partial charge in [-0.05, 0) is 40.7 Å². The Labute approximate surface area is 157 Å². The van der Waals surface area contributed by atoms with E-state index in [-0.39, 0.29) is 47.9 Å². The van der Waals surface area contributed by atoms with Gasteiger partial charge in [0.05, 0.1) is 11.8 Å². The lowest BCUT2D eigenvalue weighted by atomic mass is 9.85. The highest BCUT2D eigenvalue weighted by Gasteiger charge is 2.59. The number of allylic oxidation sites excluding steroid dienone is 2. The third kappa shape index (κ3) is 2.57. The molecule has 5 heteroatoms. The molecule has 3 aliphatic rings. The second-order valence-electron chi connectivity index (χ2n) is 7.72. The van der Waals surface area contributed by atoms with E-state index >= 15 is 0 Å². The summed E-state index contributed by atoms with van der Waals surface area (Å²) in [6.45, 7) is 0.192. The molecule has 1 saturated carbocycles. The van der Waals surface area contributed by atoms with Gasteiger partial charge in [-0.25, -0.2) is 0 Å². The monoisotopic (exact) mass is 360 g/mol. The summed E-state index contributed by atoms with van der Waals surface area (Å²) in [5, 5.41) is 5.10. The minimum absolute atomic E-state index is 0.169. The fourth-order valence-corrected chi connectivity index (χ4v) is 4.87. The Balaban J connectivity index is 1.23. The lowest BCUT2D eigenvalue weighted by Crippen LogP contribution is -2.41. The number of nitrogens with one attached hydrogen (secondary N) is 1. The van der Waals surface area contributed by atoms with E-state index in [1.54, 1.807) is 0 Å². The quantitative estimate of drug-likeness (QED) is 0.672. The smallest absolute Gasteiger partial charge is 0.240 e. The second kappa shape index (κ2) is 6.05. The van der Waals surface area contributed by atoms with Gasteiger partial charge in [-0.3, -0.25) is 19.3 Å². The van der Waals surface area contributed by atoms with Crippen LogP contribution in [-0.2, 0) is 20.9 Å². The van der Waals surface area contributed by atoms with Crippen LogP contribution in [0.4, 0.5) is 0 Å². The highest BCUT2D eigenvalue weighted by molar-refractivity contribution is 6.08. The number of hydrogen-bond donors (Lipinski definition) is 1. The zero-order valence-electron chi connectivity index (χ0n) is 14.8. The molecule has 2 aromatic rings. The molecule has 5 nitrogen and oxygen atoms in total. The Hall–Kier alpha value is -2.95. The van der Waals surface area contributed by atoms with Crippen molar-refractivity contribution >= 4 is 28.5 Å². The molecule has 5 rings (SSSR count). The predicted octanol–water partition coefficient (Wildman–Crippen LogP) is 2.26. The summed E-state index contributed by atoms with van der Waals surface area (Å²) >= 11 is 0. The van der Waals surface area contributed by atoms with Crippen LogP contribution in [0.2, 0.25) is 0 Å². The van der Waals surface area contributed by atoms with Crippen molar-refractivity contribution in [3.8, 4) is 0 Å². The van der Waals surface area contributed by atoms with Crippen LogP contribution in [0.5, 0.6) is 0 Å². The van der Waals surface area contributed by atoms with E-state index in [9.17, 15) is 14.4 Å². The average Bonchev–Trinajstić information content (AvgIpc) is 3.36. The van der Waals surface area contributed by atoms with Gasteiger partial charge in [0.25, 0.3) is 0 Å². The lowest BCUT2D eigenvalue weighted by Gasteiger charge is -2.17. The highest BCUT2D eigenvalue weighted by Crippen LogP contribution is 2.52. The maximum atomic E-state index is 12.6. The molecule has 0 aromatic heterocycles. The van der Waals surface area contributed by atoms with Crippen LogP contribution in [0.3, 0.4) is 0 Å². The number of hydrogen-bond acceptors (Lipinski definition) is 3. The van der Waals surface area contributed by atoms with Crippen molar-refractivity contribution in [2.75, 3.05) is 6.54 Å². The van der Waals surface area contributed by atoms with Crippen molar-refractivity contribution in [2.45, 2.75) is 13.0 Å². The number of amides is 3. The molecule has 0 unspecified atom stereocenters. The van der Waals surface area contributed by atoms with Crippen LogP contribution in [0.15, 0.2) is 54.6 Å². The first-order valence-electron chi connectivity index (χ1n) is 9.40. The fourth-order valence-electron chi connectivity index (χ4n) is 4.87. The van der Waals surface area contributed by atoms with Crippen LogP contribution in [0.25, 0.3) is 10.8 Å². The summed E-state index contributed by atoms with van der Waals surface area (Å²) in [7, 11) is 0. The van der Waals surface area contributed by atoms with E-state index in [4.69, 9.17) is 0 Å². The Bertz CT molecular complexity index is 966. The van der Waals surface area contributed by atoms with Crippen molar-refractivity contribution in [2.24, 2.45) is 23.7 Å². The molecule has 1 aliphatic heterocycles. The molecule has 0 radical (unpaired) electrons. The number of nitrogens with zero attached hydrogens (tertiary/aromatic N) is 1. The van der Waals surface area contributed by atoms with Gasteiger partial charge in [0, 0.05) is 6.54 Å². The molecule has 1 saturated heterocycles. The zero-order chi connectivity index (χ0) is 18.5. The maximum Gasteiger partial charge on any atom is 0.240 e. The number of fused-ring (bicyclic) bond motifs is 6. The summed E-state index contributed by atoms with van der Waals surface area (Å²) < 4.78 is 0. The van der Waals surface area contributed by atoms with Gasteiger partial charge in [0.15, 0.2) is 0 Å². The van der Waals surface area contributed by atoms with Gasteiger partial charge in [0.2, 0.25) is 17.7 Å². The minimum atomic E-state index is -0.301. The first kappa shape index (κ1) is 16.2. The number of imide groups is 1. The summed E-state index contributed by atoms with van der Waals surface area (Å²) in [6, 6.07) is 14.1. The van der Waals surface area contributed by atoms with Gasteiger partial charge in [-0.1, -0.05) is 48.6 Å². The summed E-state index contributed by atoms with van der Waals surface area (Å²) in [6.07, 6.45) is 5.01. The number of rotatable bonds is 4. The molecule has 0 spiro atoms. The molecular weight excluding hydrogens is 340 g/mol. The van der Waals surface area contributed by atoms with Crippen molar-refractivity contribution in [1.29, 1.82) is 0 Å². The summed E-state index contributed by atoms with van der Waals surface area (Å²) in [5.74, 6) is -0.818. The predicted molar refractivity (Wildman–Crippen MR) is 100 cm³/mol. The van der Waals surface area contributed by atoms with Crippen LogP contribution in [0, 0.1) is 23.7 Å². The molecule has 3 amide bonds. The average molecular weight is 360 g/mol. The van der Waals surface area contributed by atoms with Crippen LogP contribution < -0.4 is 5.32 Å². The van der Waals surface area contributed by atoms with Gasteiger partial charge in [-0.15, -0.1) is 0 Å². The summed E-state index contributed by atoms with van der Waals surface area (Å²) in [5.41, 5.74) is 0.986. The Morgan fingerprint density at radius 1 is 0.963 bits per heavy atom. The lowest BCUT2D eigenvalue weighted by molar-refractivity contribution is -0.144. The molecule has 2 bridgehead atoms. The SMILES string of the molecule is O=C(CN1C(=O)[C@@H]2[C@@H](C1=O)[C@H]1C=C[C@H]2C1)NCc1ccc2ccccc2c1. The fraction of sp³-hybridized carbons (Fsp3) is 0.318. The molecule has 1 heterocycles. The van der Waals surface area contributed by atoms with Crippen LogP contribution >= 0.6 is 0 Å². The van der Waals surface area contributed by atoms with E-state index < -0.39 is 0 Å². The Morgan fingerprint density at radius 3 is 2.33 bits per heavy atom. The Kier molecular flexibility index (Phi) is 3.64. The maximum absolute atomic E-state index is 12.6. The molecule has 136 valence electrons. The van der Waals surface area contributed by atoms with Gasteiger partial charge < -0.3 is 5.32 Å². The molecule has 4 atom stereocenters. The molecule has 27 heavy (non-hydrogen) atoms. The molecule has 2 aliphatic carbocycles. The van der Waals surface area contributed by atoms with Gasteiger partial charge in [0.1, 0.15) is 6.54 Å². The van der Waals surface area contributed by atoms with Crippen LogP contribution in [-0.4, -0.2) is 29.2 Å². The van der Waals surface area contributed by atoms with E-state index in [1.807, 2.05) is 42.5 Å². The van der Waals surface area contributed by atoms with E-state index in [0.29, 0.717) is 6.54 Å². The third-order valence-electron chi connectivity index (χ3n) is 6.17. The van der Waals surface area contributed by atoms with Crippen LogP contribution in [0.1, 0.15) is 12.0 Å². The normalized spacial score (nSPS) is 28.2. The van der Waals surface area contributed by atoms with Crippen molar-refractivity contribution in [1.82, 2.24) is 10.2 Å². The molecule has 2 aromatic carbocycles. The zero-order valence-corrected chi connectivity index (χ0v) is 14.8. The number of carbonyl (C=O) groups is 3. The second-order valence-corrected chi connectivity index (χ2v) is 7.72. The first-order valence-corrected chi connectivity index (χ1v) is 9.40. The standard InChI is InChI=1S/C22H20N2O3/c25-18(23-11-13-5-6-14-3-1-2-4-15(14)9-13)12-24-21(26)19-16-7-8-17(10-16)20(19)22(24)27/h1-9,16-17,19-20H,10-12H2,(H,23,25)/t16-,17-,19-,20-/m0/s1.